The van der Waals surface area contributed by atoms with Crippen LogP contribution >= 0.6 is 0 Å². The van der Waals surface area contributed by atoms with Crippen molar-refractivity contribution in [2.75, 3.05) is 70.6 Å². The number of aliphatic hydroxyl groups is 8. The van der Waals surface area contributed by atoms with Gasteiger partial charge in [-0.25, -0.2) is 19.2 Å². The smallest absolute Gasteiger partial charge is 0.333 e. The summed E-state index contributed by atoms with van der Waals surface area (Å²) in [5.41, 5.74) is 10.6. The Balaban J connectivity index is -0.000000170. The van der Waals surface area contributed by atoms with E-state index in [1.165, 1.54) is 72.8 Å². The van der Waals surface area contributed by atoms with Gasteiger partial charge in [-0.15, -0.1) is 6.58 Å². The highest BCUT2D eigenvalue weighted by Gasteiger charge is 2.24. The van der Waals surface area contributed by atoms with Crippen LogP contribution in [0.25, 0.3) is 37.9 Å². The van der Waals surface area contributed by atoms with E-state index in [-0.39, 0.29) is 50.9 Å². The van der Waals surface area contributed by atoms with Crippen LogP contribution in [0, 0.1) is 0 Å². The number of fused-ring (bicyclic) bond motifs is 5. The predicted molar refractivity (Wildman–Crippen MR) is 452 cm³/mol. The number of rotatable bonds is 8. The van der Waals surface area contributed by atoms with Crippen LogP contribution in [0.1, 0.15) is 104 Å². The first-order chi connectivity index (χ1) is 50.6. The Bertz CT molecular complexity index is 3370. The minimum atomic E-state index is -0.347. The van der Waals surface area contributed by atoms with E-state index in [4.69, 9.17) is 50.3 Å². The average molecular weight is 1480 g/mol. The number of aliphatic hydroxyl groups excluding tert-OH is 8. The molecular weight excluding hydrogens is 1350 g/mol. The molecule has 0 aromatic heterocycles. The molecule has 8 N–H and O–H groups in total. The average Bonchev–Trinajstić information content (AvgIpc) is 1.83. The summed E-state index contributed by atoms with van der Waals surface area (Å²) in [6, 6.07) is 76.8. The van der Waals surface area contributed by atoms with Gasteiger partial charge in [-0.3, -0.25) is 0 Å². The molecule has 0 aliphatic heterocycles. The third kappa shape index (κ3) is 55.0. The second-order valence-corrected chi connectivity index (χ2v) is 21.5. The third-order valence-corrected chi connectivity index (χ3v) is 13.0. The third-order valence-electron chi connectivity index (χ3n) is 13.0. The summed E-state index contributed by atoms with van der Waals surface area (Å²) in [7, 11) is 9.33. The lowest BCUT2D eigenvalue weighted by atomic mass is 9.90. The molecule has 1 unspecified atom stereocenters. The van der Waals surface area contributed by atoms with E-state index in [2.05, 4.69) is 237 Å². The van der Waals surface area contributed by atoms with Crippen LogP contribution in [0.3, 0.4) is 0 Å². The monoisotopic (exact) mass is 1480 g/mol. The first-order valence-electron chi connectivity index (χ1n) is 33.3. The first-order valence-corrected chi connectivity index (χ1v) is 33.3. The van der Waals surface area contributed by atoms with E-state index >= 15 is 0 Å². The number of aryl methyl sites for hydroxylation is 1. The molecule has 0 heterocycles. The van der Waals surface area contributed by atoms with Gasteiger partial charge in [0.2, 0.25) is 0 Å². The lowest BCUT2D eigenvalue weighted by molar-refractivity contribution is -0.145. The Kier molecular flexibility index (Phi) is 80.9. The van der Waals surface area contributed by atoms with Crippen LogP contribution in [0.15, 0.2) is 292 Å². The Morgan fingerprint density at radius 2 is 0.542 bits per heavy atom. The fraction of sp³-hybridized carbons (Fsp3) is 0.297. The summed E-state index contributed by atoms with van der Waals surface area (Å²) in [5.74, 6) is -1.22. The Morgan fingerprint density at radius 1 is 0.327 bits per heavy atom. The van der Waals surface area contributed by atoms with Gasteiger partial charge in [0.25, 0.3) is 0 Å². The maximum absolute atomic E-state index is 11.4. The van der Waals surface area contributed by atoms with Crippen molar-refractivity contribution in [3.63, 3.8) is 0 Å². The van der Waals surface area contributed by atoms with Crippen molar-refractivity contribution in [3.05, 3.63) is 320 Å². The van der Waals surface area contributed by atoms with E-state index in [9.17, 15) is 19.2 Å². The minimum Gasteiger partial charge on any atom is -0.466 e. The molecule has 9 aromatic carbocycles. The number of benzene rings is 9. The van der Waals surface area contributed by atoms with E-state index in [1.807, 2.05) is 57.2 Å². The highest BCUT2D eigenvalue weighted by atomic mass is 16.6. The number of esters is 4. The molecule has 0 amide bonds. The summed E-state index contributed by atoms with van der Waals surface area (Å²) in [6.45, 7) is 36.0. The molecular formula is C91H130O16. The molecule has 2 aliphatic carbocycles. The molecule has 0 saturated heterocycles. The topological polar surface area (TPSA) is 267 Å². The summed E-state index contributed by atoms with van der Waals surface area (Å²) < 4.78 is 19.5. The van der Waals surface area contributed by atoms with Crippen LogP contribution in [0.2, 0.25) is 0 Å². The molecule has 0 radical (unpaired) electrons. The number of ether oxygens (including phenoxy) is 4. The van der Waals surface area contributed by atoms with Crippen LogP contribution < -0.4 is 0 Å². The summed E-state index contributed by atoms with van der Waals surface area (Å²) in [4.78, 5) is 43.3. The first kappa shape index (κ1) is 113. The molecule has 0 saturated carbocycles. The van der Waals surface area contributed by atoms with Crippen LogP contribution in [-0.2, 0) is 63.8 Å². The zero-order chi connectivity index (χ0) is 81.5. The van der Waals surface area contributed by atoms with Gasteiger partial charge in [-0.1, -0.05) is 283 Å². The molecule has 590 valence electrons. The van der Waals surface area contributed by atoms with Crippen LogP contribution in [-0.4, -0.2) is 148 Å². The highest BCUT2D eigenvalue weighted by molar-refractivity contribution is 5.89. The normalized spacial score (nSPS) is 10.2. The molecule has 0 fully saturated rings. The number of carbonyl (C=O) groups excluding carboxylic acids is 4. The number of carbonyl (C=O) groups is 4. The summed E-state index contributed by atoms with van der Waals surface area (Å²) >= 11 is 0. The second-order valence-electron chi connectivity index (χ2n) is 21.5. The van der Waals surface area contributed by atoms with Crippen LogP contribution in [0.4, 0.5) is 0 Å². The number of hydrogen-bond acceptors (Lipinski definition) is 16. The highest BCUT2D eigenvalue weighted by Crippen LogP contribution is 2.25. The molecule has 1 atom stereocenters. The maximum Gasteiger partial charge on any atom is 0.333 e. The Morgan fingerprint density at radius 3 is 0.748 bits per heavy atom. The van der Waals surface area contributed by atoms with Crippen molar-refractivity contribution >= 4 is 61.8 Å². The van der Waals surface area contributed by atoms with Crippen molar-refractivity contribution < 1.29 is 79.0 Å². The quantitative estimate of drug-likeness (QED) is 0.0304. The molecule has 0 bridgehead atoms. The number of allylic oxidation sites excluding steroid dienone is 2. The van der Waals surface area contributed by atoms with Gasteiger partial charge in [0, 0.05) is 98.4 Å². The fourth-order valence-corrected chi connectivity index (χ4v) is 8.42. The Hall–Kier alpha value is -10.2. The molecule has 107 heavy (non-hydrogen) atoms. The molecule has 16 heteroatoms. The number of methoxy groups -OCH3 is 1. The summed E-state index contributed by atoms with van der Waals surface area (Å²) in [5, 5.41) is 63.9. The largest absolute Gasteiger partial charge is 0.466 e. The molecule has 2 aliphatic rings. The lowest BCUT2D eigenvalue weighted by Crippen LogP contribution is -2.25. The molecule has 0 spiro atoms. The van der Waals surface area contributed by atoms with Crippen molar-refractivity contribution in [1.29, 1.82) is 0 Å². The van der Waals surface area contributed by atoms with Crippen molar-refractivity contribution in [3.8, 4) is 0 Å². The lowest BCUT2D eigenvalue weighted by Gasteiger charge is -2.24. The second kappa shape index (κ2) is 76.9. The predicted octanol–water partition coefficient (Wildman–Crippen LogP) is 17.8. The zero-order valence-electron chi connectivity index (χ0n) is 65.3. The van der Waals surface area contributed by atoms with Gasteiger partial charge in [0.15, 0.2) is 0 Å². The van der Waals surface area contributed by atoms with Gasteiger partial charge in [-0.2, -0.15) is 0 Å². The maximum atomic E-state index is 11.4. The van der Waals surface area contributed by atoms with Gasteiger partial charge < -0.3 is 59.8 Å². The number of hydrogen-bond donors (Lipinski definition) is 8. The summed E-state index contributed by atoms with van der Waals surface area (Å²) in [6.07, 6.45) is 4.39. The van der Waals surface area contributed by atoms with E-state index in [1.54, 1.807) is 34.6 Å². The van der Waals surface area contributed by atoms with Crippen LogP contribution in [0.5, 0.6) is 0 Å². The molecule has 11 rings (SSSR count). The van der Waals surface area contributed by atoms with Gasteiger partial charge in [0.05, 0.1) is 13.7 Å². The van der Waals surface area contributed by atoms with Crippen molar-refractivity contribution in [2.24, 2.45) is 0 Å². The fourth-order valence-electron chi connectivity index (χ4n) is 8.42. The zero-order valence-corrected chi connectivity index (χ0v) is 65.3. The van der Waals surface area contributed by atoms with E-state index in [0.717, 1.165) is 94.6 Å². The van der Waals surface area contributed by atoms with E-state index < -0.39 is 0 Å². The van der Waals surface area contributed by atoms with Gasteiger partial charge in [-0.05, 0) is 128 Å². The SMILES string of the molecule is C.C.C=C(C)C.C=C(C)C(=O)OC.C=C(C)C(=O)OC1CCc2ccccc2C1.C=C(C)C(=O)OC1Cc2ccccc2C1.C=C(C)C(=O)OCC.C=C(C)c1ccccc1.CO.CO.CO.CO.CO.CO.CO.CO.c1ccc2ccccc2c1.c1ccc2ccccc2c1.c1ccc2ccccc2c1. The molecule has 9 aromatic rings. The van der Waals surface area contributed by atoms with Crippen molar-refractivity contribution in [2.45, 2.75) is 115 Å². The minimum absolute atomic E-state index is 0. The van der Waals surface area contributed by atoms with Gasteiger partial charge in [0.1, 0.15) is 12.2 Å². The van der Waals surface area contributed by atoms with E-state index in [0.29, 0.717) is 28.9 Å². The molecule has 16 nitrogen and oxygen atoms in total. The van der Waals surface area contributed by atoms with Gasteiger partial charge >= 0.3 is 23.9 Å². The standard InChI is InChI=1S/C14H16O2.C13H14O2.3C10H8.C9H10.C6H10O2.C5H8O2.C4H8.8CH4O.2CH4/c1-10(2)14(15)16-13-8-7-11-5-3-4-6-12(11)9-13;1-9(2)13(14)15-12-7-10-5-3-4-6-11(10)8-12;3*1-2-6-10-8-4-3-7-9(10)5-1;1-8(2)9-6-4-3-5-7-9;1-4-8-6(7)5(2)3;1-4(2)5(6)7-3;1-4(2)3;8*1-2;;/h3-6,13H,1,7-9H2,2H3;3-6,12H,1,7-8H2,2H3;3*1-8H;3-7H,1H2,2H3;2,4H2,1,3H3;1H2,2-3H3;1H2,2-3H3;8*2H,1H3;2*1H4. The Labute approximate surface area is 642 Å². The van der Waals surface area contributed by atoms with Crippen molar-refractivity contribution in [1.82, 2.24) is 0 Å².